The zero-order chi connectivity index (χ0) is 22.5. The van der Waals surface area contributed by atoms with Crippen LogP contribution in [0.2, 0.25) is 0 Å². The van der Waals surface area contributed by atoms with Gasteiger partial charge in [0, 0.05) is 12.5 Å². The van der Waals surface area contributed by atoms with Crippen molar-refractivity contribution in [2.75, 3.05) is 27.4 Å². The molecule has 3 aromatic rings. The summed E-state index contributed by atoms with van der Waals surface area (Å²) < 4.78 is 16.3. The average molecular weight is 434 g/mol. The number of amides is 1. The topological polar surface area (TPSA) is 77.0 Å². The maximum absolute atomic E-state index is 12.7. The third-order valence-electron chi connectivity index (χ3n) is 5.86. The largest absolute Gasteiger partial charge is 0.493 e. The number of hydrogen-bond acceptors (Lipinski definition) is 5. The van der Waals surface area contributed by atoms with Gasteiger partial charge in [0.2, 0.25) is 0 Å². The lowest BCUT2D eigenvalue weighted by atomic mass is 9.98. The summed E-state index contributed by atoms with van der Waals surface area (Å²) in [5, 5.41) is 12.4. The van der Waals surface area contributed by atoms with Crippen LogP contribution >= 0.6 is 0 Å². The van der Waals surface area contributed by atoms with Crippen LogP contribution in [0.15, 0.2) is 66.7 Å². The Balaban J connectivity index is 1.47. The molecule has 0 unspecified atom stereocenters. The van der Waals surface area contributed by atoms with Gasteiger partial charge >= 0.3 is 6.09 Å². The zero-order valence-electron chi connectivity index (χ0n) is 18.2. The molecule has 0 heterocycles. The van der Waals surface area contributed by atoms with Crippen LogP contribution in [0.1, 0.15) is 35.1 Å². The molecule has 0 saturated heterocycles. The zero-order valence-corrected chi connectivity index (χ0v) is 18.2. The fourth-order valence-electron chi connectivity index (χ4n) is 4.30. The maximum Gasteiger partial charge on any atom is 0.407 e. The monoisotopic (exact) mass is 433 g/mol. The molecule has 1 amide bonds. The Morgan fingerprint density at radius 3 is 2.16 bits per heavy atom. The van der Waals surface area contributed by atoms with Crippen molar-refractivity contribution in [2.24, 2.45) is 0 Å². The summed E-state index contributed by atoms with van der Waals surface area (Å²) in [6.07, 6.45) is -0.181. The maximum atomic E-state index is 12.7. The summed E-state index contributed by atoms with van der Waals surface area (Å²) in [5.41, 5.74) is 5.48. The predicted molar refractivity (Wildman–Crippen MR) is 122 cm³/mol. The number of methoxy groups -OCH3 is 2. The summed E-state index contributed by atoms with van der Waals surface area (Å²) in [5.74, 6) is 1.15. The number of alkyl carbamates (subject to hydrolysis) is 1. The van der Waals surface area contributed by atoms with Gasteiger partial charge in [0.25, 0.3) is 0 Å². The van der Waals surface area contributed by atoms with E-state index in [1.54, 1.807) is 26.4 Å². The molecule has 0 aliphatic heterocycles. The van der Waals surface area contributed by atoms with Gasteiger partial charge in [0.1, 0.15) is 6.61 Å². The average Bonchev–Trinajstić information content (AvgIpc) is 3.15. The van der Waals surface area contributed by atoms with E-state index in [0.717, 1.165) is 16.7 Å². The van der Waals surface area contributed by atoms with Crippen molar-refractivity contribution in [3.05, 3.63) is 83.4 Å². The Morgan fingerprint density at radius 1 is 0.938 bits per heavy atom. The van der Waals surface area contributed by atoms with Crippen LogP contribution in [0, 0.1) is 0 Å². The van der Waals surface area contributed by atoms with Gasteiger partial charge in [0.05, 0.1) is 20.3 Å². The van der Waals surface area contributed by atoms with E-state index in [1.165, 1.54) is 11.1 Å². The van der Waals surface area contributed by atoms with Gasteiger partial charge in [-0.2, -0.15) is 0 Å². The van der Waals surface area contributed by atoms with E-state index in [4.69, 9.17) is 14.2 Å². The van der Waals surface area contributed by atoms with Crippen molar-refractivity contribution in [1.82, 2.24) is 5.32 Å². The first kappa shape index (κ1) is 21.7. The Kier molecular flexibility index (Phi) is 6.61. The lowest BCUT2D eigenvalue weighted by Crippen LogP contribution is -2.31. The minimum Gasteiger partial charge on any atom is -0.493 e. The first-order valence-corrected chi connectivity index (χ1v) is 10.6. The second-order valence-corrected chi connectivity index (χ2v) is 7.65. The molecule has 0 fully saturated rings. The van der Waals surface area contributed by atoms with E-state index in [-0.39, 0.29) is 19.1 Å². The number of ether oxygens (including phenoxy) is 3. The van der Waals surface area contributed by atoms with E-state index in [0.29, 0.717) is 17.9 Å². The number of benzene rings is 3. The molecule has 0 aromatic heterocycles. The molecule has 2 N–H and O–H groups in total. The first-order chi connectivity index (χ1) is 15.7. The summed E-state index contributed by atoms with van der Waals surface area (Å²) in [4.78, 5) is 12.7. The minimum atomic E-state index is -0.528. The number of nitrogens with one attached hydrogen (secondary N) is 1. The van der Waals surface area contributed by atoms with Crippen LogP contribution in [0.3, 0.4) is 0 Å². The van der Waals surface area contributed by atoms with Gasteiger partial charge in [-0.15, -0.1) is 0 Å². The van der Waals surface area contributed by atoms with Gasteiger partial charge in [-0.3, -0.25) is 0 Å². The lowest BCUT2D eigenvalue weighted by Gasteiger charge is -2.21. The normalized spacial score (nSPS) is 13.1. The Hall–Kier alpha value is -3.51. The molecular weight excluding hydrogens is 406 g/mol. The molecule has 4 rings (SSSR count). The smallest absolute Gasteiger partial charge is 0.407 e. The molecule has 0 spiro atoms. The van der Waals surface area contributed by atoms with E-state index >= 15 is 0 Å². The van der Waals surface area contributed by atoms with E-state index < -0.39 is 12.1 Å². The number of aliphatic hydroxyl groups excluding tert-OH is 1. The molecule has 0 radical (unpaired) electrons. The highest BCUT2D eigenvalue weighted by molar-refractivity contribution is 5.79. The molecule has 3 aromatic carbocycles. The molecule has 0 bridgehead atoms. The van der Waals surface area contributed by atoms with Crippen molar-refractivity contribution in [3.8, 4) is 22.6 Å². The van der Waals surface area contributed by atoms with E-state index in [9.17, 15) is 9.90 Å². The quantitative estimate of drug-likeness (QED) is 0.540. The van der Waals surface area contributed by atoms with Crippen molar-refractivity contribution in [2.45, 2.75) is 18.4 Å². The molecule has 166 valence electrons. The highest BCUT2D eigenvalue weighted by atomic mass is 16.5. The van der Waals surface area contributed by atoms with Crippen LogP contribution in [0.4, 0.5) is 4.79 Å². The first-order valence-electron chi connectivity index (χ1n) is 10.6. The molecule has 6 heteroatoms. The molecule has 1 aliphatic rings. The summed E-state index contributed by atoms with van der Waals surface area (Å²) in [6, 6.07) is 21.4. The Bertz CT molecular complexity index is 1050. The van der Waals surface area contributed by atoms with Gasteiger partial charge in [-0.25, -0.2) is 4.79 Å². The van der Waals surface area contributed by atoms with E-state index in [2.05, 4.69) is 29.6 Å². The summed E-state index contributed by atoms with van der Waals surface area (Å²) in [6.45, 7) is 0.153. The molecular formula is C26H27NO5. The fraction of sp³-hybridized carbons (Fsp3) is 0.269. The standard InChI is InChI=1S/C26H27NO5/c1-30-24-12-11-17(15-25(24)31-2)23(13-14-28)27-26(29)32-16-22-20-9-5-3-7-18(20)19-8-4-6-10-21(19)22/h3-12,15,22-23,28H,13-14,16H2,1-2H3,(H,27,29)/t23-/m1/s1. The van der Waals surface area contributed by atoms with Crippen LogP contribution in [0.25, 0.3) is 11.1 Å². The second-order valence-electron chi connectivity index (χ2n) is 7.65. The van der Waals surface area contributed by atoms with Crippen LogP contribution < -0.4 is 14.8 Å². The number of hydrogen-bond donors (Lipinski definition) is 2. The van der Waals surface area contributed by atoms with Gasteiger partial charge < -0.3 is 24.6 Å². The van der Waals surface area contributed by atoms with Gasteiger partial charge in [-0.05, 0) is 46.4 Å². The molecule has 1 aliphatic carbocycles. The number of aliphatic hydroxyl groups is 1. The van der Waals surface area contributed by atoms with Gasteiger partial charge in [-0.1, -0.05) is 54.6 Å². The highest BCUT2D eigenvalue weighted by Gasteiger charge is 2.29. The van der Waals surface area contributed by atoms with Crippen LogP contribution in [0.5, 0.6) is 11.5 Å². The summed E-state index contributed by atoms with van der Waals surface area (Å²) >= 11 is 0. The van der Waals surface area contributed by atoms with Crippen LogP contribution in [-0.4, -0.2) is 38.6 Å². The van der Waals surface area contributed by atoms with Crippen molar-refractivity contribution in [3.63, 3.8) is 0 Å². The van der Waals surface area contributed by atoms with Crippen LogP contribution in [-0.2, 0) is 4.74 Å². The predicted octanol–water partition coefficient (Wildman–Crippen LogP) is 4.67. The number of fused-ring (bicyclic) bond motifs is 3. The third kappa shape index (κ3) is 4.27. The highest BCUT2D eigenvalue weighted by Crippen LogP contribution is 2.44. The molecule has 0 saturated carbocycles. The Labute approximate surface area is 187 Å². The van der Waals surface area contributed by atoms with Gasteiger partial charge in [0.15, 0.2) is 11.5 Å². The SMILES string of the molecule is COc1ccc([C@@H](CCO)NC(=O)OCC2c3ccccc3-c3ccccc32)cc1OC. The molecule has 1 atom stereocenters. The third-order valence-corrected chi connectivity index (χ3v) is 5.86. The second kappa shape index (κ2) is 9.75. The minimum absolute atomic E-state index is 0.00878. The number of carbonyl (C=O) groups excluding carboxylic acids is 1. The number of rotatable bonds is 8. The van der Waals surface area contributed by atoms with Crippen molar-refractivity contribution in [1.29, 1.82) is 0 Å². The molecule has 32 heavy (non-hydrogen) atoms. The summed E-state index contributed by atoms with van der Waals surface area (Å²) in [7, 11) is 3.12. The van der Waals surface area contributed by atoms with Crippen molar-refractivity contribution < 1.29 is 24.1 Å². The number of carbonyl (C=O) groups is 1. The van der Waals surface area contributed by atoms with Crippen molar-refractivity contribution >= 4 is 6.09 Å². The fourth-order valence-corrected chi connectivity index (χ4v) is 4.30. The Morgan fingerprint density at radius 2 is 1.56 bits per heavy atom. The van der Waals surface area contributed by atoms with E-state index in [1.807, 2.05) is 30.3 Å². The molecule has 6 nitrogen and oxygen atoms in total. The lowest BCUT2D eigenvalue weighted by molar-refractivity contribution is 0.136.